The molecule has 0 radical (unpaired) electrons. The second-order valence-corrected chi connectivity index (χ2v) is 6.18. The van der Waals surface area contributed by atoms with Crippen LogP contribution in [-0.4, -0.2) is 29.5 Å². The number of carbonyl (C=O) groups is 1. The molecule has 0 bridgehead atoms. The van der Waals surface area contributed by atoms with Crippen molar-refractivity contribution in [2.45, 2.75) is 6.42 Å². The van der Waals surface area contributed by atoms with Crippen LogP contribution in [0, 0.1) is 0 Å². The molecule has 0 spiro atoms. The van der Waals surface area contributed by atoms with Crippen LogP contribution in [0.2, 0.25) is 5.02 Å². The molecule has 27 heavy (non-hydrogen) atoms. The van der Waals surface area contributed by atoms with Gasteiger partial charge in [-0.3, -0.25) is 4.79 Å². The van der Waals surface area contributed by atoms with Crippen LogP contribution in [-0.2, 0) is 6.42 Å². The number of ether oxygens (including phenoxy) is 1. The Bertz CT molecular complexity index is 902. The van der Waals surface area contributed by atoms with Crippen LogP contribution in [0.25, 0.3) is 0 Å². The number of anilines is 2. The lowest BCUT2D eigenvalue weighted by atomic mass is 10.1. The van der Waals surface area contributed by atoms with E-state index in [4.69, 9.17) is 16.3 Å². The Morgan fingerprint density at radius 3 is 2.63 bits per heavy atom. The second-order valence-electron chi connectivity index (χ2n) is 5.75. The Labute approximate surface area is 162 Å². The molecule has 7 heteroatoms. The van der Waals surface area contributed by atoms with Gasteiger partial charge in [0.15, 0.2) is 0 Å². The molecular weight excluding hydrogens is 364 g/mol. The fourth-order valence-corrected chi connectivity index (χ4v) is 2.65. The molecule has 1 aromatic heterocycles. The summed E-state index contributed by atoms with van der Waals surface area (Å²) < 4.78 is 5.22. The summed E-state index contributed by atoms with van der Waals surface area (Å²) >= 11 is 5.97. The van der Waals surface area contributed by atoms with E-state index in [0.717, 1.165) is 13.0 Å². The maximum absolute atomic E-state index is 12.4. The van der Waals surface area contributed by atoms with Crippen LogP contribution < -0.4 is 15.4 Å². The molecule has 1 amide bonds. The van der Waals surface area contributed by atoms with Gasteiger partial charge >= 0.3 is 0 Å². The van der Waals surface area contributed by atoms with Gasteiger partial charge in [-0.1, -0.05) is 41.9 Å². The predicted octanol–water partition coefficient (Wildman–Crippen LogP) is 4.05. The maximum atomic E-state index is 12.4. The number of halogens is 1. The first kappa shape index (κ1) is 18.7. The summed E-state index contributed by atoms with van der Waals surface area (Å²) in [6.07, 6.45) is 3.84. The van der Waals surface area contributed by atoms with E-state index < -0.39 is 0 Å². The Hall–Kier alpha value is -3.12. The van der Waals surface area contributed by atoms with E-state index in [-0.39, 0.29) is 11.6 Å². The number of carbonyl (C=O) groups excluding carboxylic acids is 1. The lowest BCUT2D eigenvalue weighted by molar-refractivity contribution is 0.102. The van der Waals surface area contributed by atoms with E-state index in [9.17, 15) is 4.79 Å². The number of methoxy groups -OCH3 is 1. The Morgan fingerprint density at radius 2 is 1.93 bits per heavy atom. The minimum Gasteiger partial charge on any atom is -0.495 e. The molecule has 0 saturated heterocycles. The fraction of sp³-hybridized carbons (Fsp3) is 0.150. The zero-order valence-electron chi connectivity index (χ0n) is 14.8. The summed E-state index contributed by atoms with van der Waals surface area (Å²) in [5.41, 5.74) is 1.91. The summed E-state index contributed by atoms with van der Waals surface area (Å²) in [6.45, 7) is 0.726. The first-order chi connectivity index (χ1) is 13.2. The highest BCUT2D eigenvalue weighted by molar-refractivity contribution is 6.31. The molecule has 0 aliphatic rings. The minimum atomic E-state index is -0.390. The molecule has 1 heterocycles. The molecule has 3 rings (SSSR count). The van der Waals surface area contributed by atoms with Gasteiger partial charge in [-0.2, -0.15) is 0 Å². The van der Waals surface area contributed by atoms with Crippen LogP contribution in [0.1, 0.15) is 16.1 Å². The van der Waals surface area contributed by atoms with Crippen LogP contribution in [0.15, 0.2) is 60.9 Å². The summed E-state index contributed by atoms with van der Waals surface area (Å²) in [5.74, 6) is 0.738. The molecule has 0 aliphatic heterocycles. The van der Waals surface area contributed by atoms with Crippen LogP contribution in [0.3, 0.4) is 0 Å². The van der Waals surface area contributed by atoms with Gasteiger partial charge in [0.1, 0.15) is 17.3 Å². The largest absolute Gasteiger partial charge is 0.495 e. The number of aromatic nitrogens is 2. The molecule has 0 atom stereocenters. The summed E-state index contributed by atoms with van der Waals surface area (Å²) in [6, 6.07) is 15.1. The summed E-state index contributed by atoms with van der Waals surface area (Å²) in [5, 5.41) is 6.42. The Kier molecular flexibility index (Phi) is 6.22. The van der Waals surface area contributed by atoms with Crippen molar-refractivity contribution >= 4 is 29.0 Å². The summed E-state index contributed by atoms with van der Waals surface area (Å²) in [7, 11) is 1.52. The van der Waals surface area contributed by atoms with Crippen molar-refractivity contribution < 1.29 is 9.53 Å². The van der Waals surface area contributed by atoms with E-state index in [1.54, 1.807) is 18.2 Å². The number of rotatable bonds is 7. The Balaban J connectivity index is 1.58. The number of nitrogens with one attached hydrogen (secondary N) is 2. The van der Waals surface area contributed by atoms with Gasteiger partial charge in [-0.05, 0) is 30.2 Å². The van der Waals surface area contributed by atoms with Crippen LogP contribution in [0.4, 0.5) is 11.5 Å². The van der Waals surface area contributed by atoms with Crippen molar-refractivity contribution in [3.63, 3.8) is 0 Å². The molecule has 3 aromatic rings. The minimum absolute atomic E-state index is 0.200. The smallest absolute Gasteiger partial charge is 0.275 e. The molecule has 138 valence electrons. The zero-order valence-corrected chi connectivity index (χ0v) is 15.5. The third-order valence-electron chi connectivity index (χ3n) is 3.86. The lowest BCUT2D eigenvalue weighted by Crippen LogP contribution is -2.15. The molecule has 0 saturated carbocycles. The Morgan fingerprint density at radius 1 is 1.11 bits per heavy atom. The third-order valence-corrected chi connectivity index (χ3v) is 4.09. The van der Waals surface area contributed by atoms with E-state index in [0.29, 0.717) is 22.3 Å². The van der Waals surface area contributed by atoms with Crippen molar-refractivity contribution in [3.8, 4) is 5.75 Å². The number of amides is 1. The molecule has 0 unspecified atom stereocenters. The van der Waals surface area contributed by atoms with Crippen molar-refractivity contribution in [2.24, 2.45) is 0 Å². The van der Waals surface area contributed by atoms with Gasteiger partial charge < -0.3 is 15.4 Å². The topological polar surface area (TPSA) is 76.1 Å². The first-order valence-electron chi connectivity index (χ1n) is 8.40. The molecule has 6 nitrogen and oxygen atoms in total. The monoisotopic (exact) mass is 382 g/mol. The van der Waals surface area contributed by atoms with Gasteiger partial charge in [0.25, 0.3) is 5.91 Å². The number of nitrogens with zero attached hydrogens (tertiary/aromatic N) is 2. The first-order valence-corrected chi connectivity index (χ1v) is 8.78. The molecular formula is C20H19ClN4O2. The third kappa shape index (κ3) is 5.18. The van der Waals surface area contributed by atoms with E-state index >= 15 is 0 Å². The maximum Gasteiger partial charge on any atom is 0.275 e. The number of hydrogen-bond acceptors (Lipinski definition) is 5. The zero-order chi connectivity index (χ0) is 19.1. The standard InChI is InChI=1S/C20H19ClN4O2/c1-27-18-8-7-15(21)11-16(18)25-20(26)17-12-24-19(13-23-17)22-10-9-14-5-3-2-4-6-14/h2-8,11-13H,9-10H2,1H3,(H,22,24)(H,25,26). The van der Waals surface area contributed by atoms with Gasteiger partial charge in [0.05, 0.1) is 25.2 Å². The van der Waals surface area contributed by atoms with Gasteiger partial charge in [-0.25, -0.2) is 9.97 Å². The van der Waals surface area contributed by atoms with E-state index in [1.165, 1.54) is 25.1 Å². The van der Waals surface area contributed by atoms with Gasteiger partial charge in [-0.15, -0.1) is 0 Å². The van der Waals surface area contributed by atoms with Crippen LogP contribution >= 0.6 is 11.6 Å². The van der Waals surface area contributed by atoms with Gasteiger partial charge in [0, 0.05) is 11.6 Å². The highest BCUT2D eigenvalue weighted by Crippen LogP contribution is 2.27. The fourth-order valence-electron chi connectivity index (χ4n) is 2.48. The SMILES string of the molecule is COc1ccc(Cl)cc1NC(=O)c1cnc(NCCc2ccccc2)cn1. The number of benzene rings is 2. The molecule has 0 fully saturated rings. The average Bonchev–Trinajstić information content (AvgIpc) is 2.69. The highest BCUT2D eigenvalue weighted by Gasteiger charge is 2.12. The van der Waals surface area contributed by atoms with E-state index in [1.807, 2.05) is 18.2 Å². The van der Waals surface area contributed by atoms with Crippen molar-refractivity contribution in [1.29, 1.82) is 0 Å². The van der Waals surface area contributed by atoms with Crippen molar-refractivity contribution in [2.75, 3.05) is 24.3 Å². The summed E-state index contributed by atoms with van der Waals surface area (Å²) in [4.78, 5) is 20.8. The van der Waals surface area contributed by atoms with Gasteiger partial charge in [0.2, 0.25) is 0 Å². The normalized spacial score (nSPS) is 10.3. The quantitative estimate of drug-likeness (QED) is 0.644. The van der Waals surface area contributed by atoms with E-state index in [2.05, 4.69) is 32.7 Å². The highest BCUT2D eigenvalue weighted by atomic mass is 35.5. The average molecular weight is 383 g/mol. The lowest BCUT2D eigenvalue weighted by Gasteiger charge is -2.10. The molecule has 0 aliphatic carbocycles. The predicted molar refractivity (Wildman–Crippen MR) is 107 cm³/mol. The van der Waals surface area contributed by atoms with Crippen LogP contribution in [0.5, 0.6) is 5.75 Å². The van der Waals surface area contributed by atoms with Crippen molar-refractivity contribution in [1.82, 2.24) is 9.97 Å². The second kappa shape index (κ2) is 9.00. The molecule has 2 aromatic carbocycles. The number of hydrogen-bond donors (Lipinski definition) is 2. The van der Waals surface area contributed by atoms with Crippen molar-refractivity contribution in [3.05, 3.63) is 77.2 Å². The molecule has 2 N–H and O–H groups in total.